The van der Waals surface area contributed by atoms with E-state index in [2.05, 4.69) is 4.90 Å². The normalized spacial score (nSPS) is 29.1. The third-order valence-electron chi connectivity index (χ3n) is 2.71. The fourth-order valence-electron chi connectivity index (χ4n) is 2.01. The minimum atomic E-state index is -1.50. The highest BCUT2D eigenvalue weighted by atomic mass is 16.9. The number of piperidine rings is 3. The molecule has 10 nitrogen and oxygen atoms in total. The molecule has 10 heteroatoms. The summed E-state index contributed by atoms with van der Waals surface area (Å²) in [7, 11) is 0. The van der Waals surface area contributed by atoms with Crippen LogP contribution >= 0.6 is 0 Å². The highest BCUT2D eigenvalue weighted by Crippen LogP contribution is 2.25. The topological polar surface area (TPSA) is 156 Å². The average Bonchev–Trinajstić information content (AvgIpc) is 2.17. The van der Waals surface area contributed by atoms with E-state index < -0.39 is 10.2 Å². The first kappa shape index (κ1) is 15.3. The SMILES string of the molecule is NC1CN2CCC1CC2.O=[N+]([O-])O.O=[N+]([O-])O. The Balaban J connectivity index is 0.000000274. The maximum atomic E-state index is 8.36. The van der Waals surface area contributed by atoms with E-state index >= 15 is 0 Å². The van der Waals surface area contributed by atoms with Crippen LogP contribution in [0.1, 0.15) is 12.8 Å². The van der Waals surface area contributed by atoms with Gasteiger partial charge in [-0.1, -0.05) is 0 Å². The van der Waals surface area contributed by atoms with Gasteiger partial charge in [0.1, 0.15) is 0 Å². The van der Waals surface area contributed by atoms with Crippen molar-refractivity contribution in [2.75, 3.05) is 19.6 Å². The summed E-state index contributed by atoms with van der Waals surface area (Å²) in [5.74, 6) is 0.856. The fourth-order valence-corrected chi connectivity index (χ4v) is 2.01. The second kappa shape index (κ2) is 7.57. The zero-order valence-electron chi connectivity index (χ0n) is 9.14. The van der Waals surface area contributed by atoms with Gasteiger partial charge in [0.25, 0.3) is 10.2 Å². The molecule has 3 saturated heterocycles. The molecule has 0 spiro atoms. The summed E-state index contributed by atoms with van der Waals surface area (Å²) in [6.45, 7) is 3.77. The van der Waals surface area contributed by atoms with Gasteiger partial charge in [0.05, 0.1) is 0 Å². The summed E-state index contributed by atoms with van der Waals surface area (Å²) in [5, 5.41) is 27.3. The van der Waals surface area contributed by atoms with Gasteiger partial charge in [0, 0.05) is 12.6 Å². The van der Waals surface area contributed by atoms with E-state index in [9.17, 15) is 0 Å². The highest BCUT2D eigenvalue weighted by Gasteiger charge is 2.31. The summed E-state index contributed by atoms with van der Waals surface area (Å²) in [6.07, 6.45) is 2.70. The van der Waals surface area contributed by atoms with Crippen molar-refractivity contribution in [2.45, 2.75) is 18.9 Å². The Hall–Kier alpha value is -1.68. The van der Waals surface area contributed by atoms with Crippen molar-refractivity contribution >= 4 is 0 Å². The molecule has 17 heavy (non-hydrogen) atoms. The van der Waals surface area contributed by atoms with E-state index in [1.54, 1.807) is 0 Å². The molecule has 3 fully saturated rings. The smallest absolute Gasteiger partial charge is 0.291 e. The van der Waals surface area contributed by atoms with Gasteiger partial charge in [0.2, 0.25) is 0 Å². The first-order chi connectivity index (χ1) is 7.82. The molecule has 0 saturated carbocycles. The third kappa shape index (κ3) is 8.16. The molecule has 0 aromatic heterocycles. The van der Waals surface area contributed by atoms with Crippen LogP contribution in [0.3, 0.4) is 0 Å². The van der Waals surface area contributed by atoms with E-state index in [4.69, 9.17) is 36.4 Å². The van der Waals surface area contributed by atoms with E-state index in [0.717, 1.165) is 12.5 Å². The Morgan fingerprint density at radius 2 is 1.47 bits per heavy atom. The van der Waals surface area contributed by atoms with Gasteiger partial charge >= 0.3 is 0 Å². The van der Waals surface area contributed by atoms with Crippen molar-refractivity contribution in [3.05, 3.63) is 20.2 Å². The molecule has 0 aromatic rings. The van der Waals surface area contributed by atoms with Crippen LogP contribution in [-0.4, -0.2) is 51.2 Å². The molecule has 3 rings (SSSR count). The lowest BCUT2D eigenvalue weighted by atomic mass is 9.85. The number of nitrogens with zero attached hydrogens (tertiary/aromatic N) is 3. The molecule has 0 aromatic carbocycles. The first-order valence-electron chi connectivity index (χ1n) is 4.97. The van der Waals surface area contributed by atoms with Gasteiger partial charge in [-0.15, -0.1) is 20.2 Å². The molecule has 3 aliphatic rings. The Morgan fingerprint density at radius 3 is 1.59 bits per heavy atom. The zero-order chi connectivity index (χ0) is 13.4. The van der Waals surface area contributed by atoms with Crippen molar-refractivity contribution in [1.29, 1.82) is 0 Å². The van der Waals surface area contributed by atoms with E-state index in [-0.39, 0.29) is 0 Å². The first-order valence-corrected chi connectivity index (χ1v) is 4.97. The summed E-state index contributed by atoms with van der Waals surface area (Å²) >= 11 is 0. The molecule has 3 aliphatic heterocycles. The predicted octanol–water partition coefficient (Wildman–Crippen LogP) is -0.656. The van der Waals surface area contributed by atoms with Crippen LogP contribution in [0.5, 0.6) is 0 Å². The van der Waals surface area contributed by atoms with Crippen LogP contribution in [0.15, 0.2) is 0 Å². The maximum Gasteiger partial charge on any atom is 0.291 e. The monoisotopic (exact) mass is 252 g/mol. The number of hydrogen-bond acceptors (Lipinski definition) is 6. The molecule has 1 atom stereocenters. The highest BCUT2D eigenvalue weighted by molar-refractivity contribution is 4.88. The van der Waals surface area contributed by atoms with Crippen LogP contribution in [0.25, 0.3) is 0 Å². The fraction of sp³-hybridized carbons (Fsp3) is 1.00. The van der Waals surface area contributed by atoms with Crippen LogP contribution in [0.2, 0.25) is 0 Å². The number of fused-ring (bicyclic) bond motifs is 3. The van der Waals surface area contributed by atoms with E-state index in [0.29, 0.717) is 6.04 Å². The third-order valence-corrected chi connectivity index (χ3v) is 2.71. The lowest BCUT2D eigenvalue weighted by molar-refractivity contribution is -0.742. The summed E-state index contributed by atoms with van der Waals surface area (Å²) in [5.41, 5.74) is 5.88. The number of nitrogens with two attached hydrogens (primary N) is 1. The summed E-state index contributed by atoms with van der Waals surface area (Å²) in [4.78, 5) is 19.2. The average molecular weight is 252 g/mol. The van der Waals surface area contributed by atoms with Gasteiger partial charge in [-0.2, -0.15) is 0 Å². The Labute approximate surface area is 96.8 Å². The van der Waals surface area contributed by atoms with Gasteiger partial charge in [-0.25, -0.2) is 0 Å². The molecule has 0 amide bonds. The molecule has 4 N–H and O–H groups in total. The standard InChI is InChI=1S/C7H14N2.2HNO3/c8-7-5-9-3-1-6(7)2-4-9;2*2-1(3)4/h6-7H,1-5,8H2;2*(H,2,3,4). The Bertz CT molecular complexity index is 235. The van der Waals surface area contributed by atoms with Gasteiger partial charge < -0.3 is 21.0 Å². The van der Waals surface area contributed by atoms with Crippen LogP contribution < -0.4 is 5.73 Å². The zero-order valence-corrected chi connectivity index (χ0v) is 9.14. The number of hydrogen-bond donors (Lipinski definition) is 3. The molecule has 3 heterocycles. The lowest BCUT2D eigenvalue weighted by Crippen LogP contribution is -2.54. The molecule has 1 unspecified atom stereocenters. The van der Waals surface area contributed by atoms with Crippen LogP contribution in [0, 0.1) is 26.1 Å². The molecular weight excluding hydrogens is 236 g/mol. The summed E-state index contributed by atoms with van der Waals surface area (Å²) < 4.78 is 0. The van der Waals surface area contributed by atoms with Crippen LogP contribution in [-0.2, 0) is 0 Å². The molecule has 100 valence electrons. The van der Waals surface area contributed by atoms with Crippen molar-refractivity contribution in [2.24, 2.45) is 11.7 Å². The Kier molecular flexibility index (Phi) is 6.82. The van der Waals surface area contributed by atoms with Gasteiger partial charge in [-0.05, 0) is 31.8 Å². The molecule has 2 bridgehead atoms. The van der Waals surface area contributed by atoms with E-state index in [1.165, 1.54) is 25.9 Å². The second-order valence-electron chi connectivity index (χ2n) is 3.78. The molecule has 0 aliphatic carbocycles. The number of rotatable bonds is 0. The van der Waals surface area contributed by atoms with Crippen molar-refractivity contribution < 1.29 is 20.6 Å². The van der Waals surface area contributed by atoms with Gasteiger partial charge in [-0.3, -0.25) is 0 Å². The summed E-state index contributed by atoms with van der Waals surface area (Å²) in [6, 6.07) is 0.493. The minimum Gasteiger partial charge on any atom is -0.328 e. The maximum absolute atomic E-state index is 8.36. The lowest BCUT2D eigenvalue weighted by Gasteiger charge is -2.43. The second-order valence-corrected chi connectivity index (χ2v) is 3.78. The van der Waals surface area contributed by atoms with Crippen molar-refractivity contribution in [3.63, 3.8) is 0 Å². The largest absolute Gasteiger partial charge is 0.328 e. The van der Waals surface area contributed by atoms with E-state index in [1.807, 2.05) is 0 Å². The molecule has 0 radical (unpaired) electrons. The van der Waals surface area contributed by atoms with Crippen molar-refractivity contribution in [1.82, 2.24) is 4.90 Å². The molecular formula is C7H16N4O6. The minimum absolute atomic E-state index is 0.493. The Morgan fingerprint density at radius 1 is 1.12 bits per heavy atom. The van der Waals surface area contributed by atoms with Crippen molar-refractivity contribution in [3.8, 4) is 0 Å². The predicted molar refractivity (Wildman–Crippen MR) is 54.7 cm³/mol. The van der Waals surface area contributed by atoms with Crippen LogP contribution in [0.4, 0.5) is 0 Å². The van der Waals surface area contributed by atoms with Gasteiger partial charge in [0.15, 0.2) is 0 Å². The quantitative estimate of drug-likeness (QED) is 0.379.